The second kappa shape index (κ2) is 6.29. The van der Waals surface area contributed by atoms with E-state index in [2.05, 4.69) is 20.0 Å². The molecule has 0 atom stereocenters. The topological polar surface area (TPSA) is 64.1 Å². The van der Waals surface area contributed by atoms with Crippen LogP contribution in [-0.2, 0) is 11.2 Å². The predicted molar refractivity (Wildman–Crippen MR) is 74.6 cm³/mol. The Bertz CT molecular complexity index is 554. The second-order valence-electron chi connectivity index (χ2n) is 3.95. The zero-order valence-corrected chi connectivity index (χ0v) is 11.7. The van der Waals surface area contributed by atoms with E-state index in [-0.39, 0.29) is 0 Å². The van der Waals surface area contributed by atoms with Gasteiger partial charge in [-0.2, -0.15) is 0 Å². The van der Waals surface area contributed by atoms with E-state index in [1.165, 1.54) is 24.0 Å². The minimum atomic E-state index is -0.393. The number of aromatic nitrogens is 2. The number of hydrogen-bond acceptors (Lipinski definition) is 6. The van der Waals surface area contributed by atoms with Crippen LogP contribution in [0.1, 0.15) is 20.9 Å². The van der Waals surface area contributed by atoms with Crippen LogP contribution in [0.15, 0.2) is 24.5 Å². The summed E-state index contributed by atoms with van der Waals surface area (Å²) in [6.07, 6.45) is 4.44. The van der Waals surface area contributed by atoms with Gasteiger partial charge in [0.1, 0.15) is 0 Å². The highest BCUT2D eigenvalue weighted by atomic mass is 32.1. The first-order valence-corrected chi connectivity index (χ1v) is 6.71. The van der Waals surface area contributed by atoms with Gasteiger partial charge < -0.3 is 10.1 Å². The van der Waals surface area contributed by atoms with Gasteiger partial charge in [0.25, 0.3) is 0 Å². The van der Waals surface area contributed by atoms with E-state index < -0.39 is 5.97 Å². The minimum Gasteiger partial charge on any atom is -0.464 e. The summed E-state index contributed by atoms with van der Waals surface area (Å²) in [4.78, 5) is 20.5. The van der Waals surface area contributed by atoms with Crippen molar-refractivity contribution >= 4 is 22.4 Å². The first-order chi connectivity index (χ1) is 9.20. The molecular weight excluding hydrogens is 262 g/mol. The Hall–Kier alpha value is -1.95. The number of ether oxygens (including phenoxy) is 1. The van der Waals surface area contributed by atoms with Crippen LogP contribution in [0.4, 0.5) is 5.13 Å². The molecule has 0 aliphatic heterocycles. The SMILES string of the molecule is COC(=O)c1nc(NCCc2ccncc2)sc1C. The fourth-order valence-corrected chi connectivity index (χ4v) is 2.45. The van der Waals surface area contributed by atoms with Crippen molar-refractivity contribution in [3.8, 4) is 0 Å². The standard InChI is InChI=1S/C13H15N3O2S/c1-9-11(12(17)18-2)16-13(19-9)15-8-5-10-3-6-14-7-4-10/h3-4,6-7H,5,8H2,1-2H3,(H,15,16). The number of pyridine rings is 1. The van der Waals surface area contributed by atoms with Gasteiger partial charge in [0.05, 0.1) is 7.11 Å². The van der Waals surface area contributed by atoms with Crippen LogP contribution >= 0.6 is 11.3 Å². The molecule has 6 heteroatoms. The molecule has 2 aromatic heterocycles. The van der Waals surface area contributed by atoms with E-state index in [9.17, 15) is 4.79 Å². The van der Waals surface area contributed by atoms with Crippen LogP contribution in [0, 0.1) is 6.92 Å². The molecule has 0 aliphatic carbocycles. The molecule has 0 aromatic carbocycles. The van der Waals surface area contributed by atoms with Crippen molar-refractivity contribution in [2.45, 2.75) is 13.3 Å². The van der Waals surface area contributed by atoms with Gasteiger partial charge in [-0.25, -0.2) is 9.78 Å². The number of aryl methyl sites for hydroxylation is 1. The summed E-state index contributed by atoms with van der Waals surface area (Å²) in [6, 6.07) is 3.96. The van der Waals surface area contributed by atoms with E-state index >= 15 is 0 Å². The molecule has 0 aliphatic rings. The number of rotatable bonds is 5. The first-order valence-electron chi connectivity index (χ1n) is 5.89. The largest absolute Gasteiger partial charge is 0.464 e. The molecule has 0 saturated carbocycles. The van der Waals surface area contributed by atoms with Crippen molar-refractivity contribution in [3.63, 3.8) is 0 Å². The van der Waals surface area contributed by atoms with Crippen molar-refractivity contribution in [3.05, 3.63) is 40.7 Å². The molecule has 0 fully saturated rings. The molecule has 2 heterocycles. The highest BCUT2D eigenvalue weighted by Gasteiger charge is 2.15. The molecule has 5 nitrogen and oxygen atoms in total. The Morgan fingerprint density at radius 1 is 1.42 bits per heavy atom. The average Bonchev–Trinajstić information content (AvgIpc) is 2.80. The van der Waals surface area contributed by atoms with Crippen molar-refractivity contribution in [2.24, 2.45) is 0 Å². The van der Waals surface area contributed by atoms with E-state index in [0.717, 1.165) is 23.0 Å². The number of anilines is 1. The van der Waals surface area contributed by atoms with E-state index in [0.29, 0.717) is 5.69 Å². The van der Waals surface area contributed by atoms with Crippen LogP contribution in [0.25, 0.3) is 0 Å². The number of nitrogens with zero attached hydrogens (tertiary/aromatic N) is 2. The summed E-state index contributed by atoms with van der Waals surface area (Å²) < 4.78 is 4.67. The quantitative estimate of drug-likeness (QED) is 0.849. The van der Waals surface area contributed by atoms with E-state index in [4.69, 9.17) is 0 Å². The number of thiazole rings is 1. The lowest BCUT2D eigenvalue weighted by Crippen LogP contribution is -2.06. The van der Waals surface area contributed by atoms with Gasteiger partial charge in [0, 0.05) is 23.8 Å². The van der Waals surface area contributed by atoms with E-state index in [1.54, 1.807) is 12.4 Å². The van der Waals surface area contributed by atoms with Gasteiger partial charge in [0.2, 0.25) is 0 Å². The molecule has 2 rings (SSSR count). The smallest absolute Gasteiger partial charge is 0.357 e. The molecule has 2 aromatic rings. The Labute approximate surface area is 115 Å². The molecule has 0 radical (unpaired) electrons. The predicted octanol–water partition coefficient (Wildman–Crippen LogP) is 2.29. The van der Waals surface area contributed by atoms with Crippen LogP contribution in [0.5, 0.6) is 0 Å². The van der Waals surface area contributed by atoms with Gasteiger partial charge in [-0.05, 0) is 31.0 Å². The molecule has 0 amide bonds. The third kappa shape index (κ3) is 3.51. The maximum atomic E-state index is 11.4. The molecule has 0 unspecified atom stereocenters. The summed E-state index contributed by atoms with van der Waals surface area (Å²) in [6.45, 7) is 2.62. The van der Waals surface area contributed by atoms with Gasteiger partial charge in [-0.15, -0.1) is 11.3 Å². The number of methoxy groups -OCH3 is 1. The Kier molecular flexibility index (Phi) is 4.46. The number of carbonyl (C=O) groups excluding carboxylic acids is 1. The van der Waals surface area contributed by atoms with Crippen molar-refractivity contribution in [1.29, 1.82) is 0 Å². The van der Waals surface area contributed by atoms with Crippen molar-refractivity contribution in [1.82, 2.24) is 9.97 Å². The summed E-state index contributed by atoms with van der Waals surface area (Å²) >= 11 is 1.46. The molecule has 0 bridgehead atoms. The lowest BCUT2D eigenvalue weighted by molar-refractivity contribution is 0.0594. The molecule has 0 saturated heterocycles. The summed E-state index contributed by atoms with van der Waals surface area (Å²) in [5.74, 6) is -0.393. The Morgan fingerprint density at radius 3 is 2.84 bits per heavy atom. The number of esters is 1. The minimum absolute atomic E-state index is 0.388. The van der Waals surface area contributed by atoms with Gasteiger partial charge in [-0.1, -0.05) is 0 Å². The Balaban J connectivity index is 1.92. The van der Waals surface area contributed by atoms with Crippen LogP contribution in [0.3, 0.4) is 0 Å². The zero-order valence-electron chi connectivity index (χ0n) is 10.8. The van der Waals surface area contributed by atoms with Crippen LogP contribution in [-0.4, -0.2) is 29.6 Å². The number of carbonyl (C=O) groups is 1. The summed E-state index contributed by atoms with van der Waals surface area (Å²) in [5, 5.41) is 3.96. The maximum Gasteiger partial charge on any atom is 0.357 e. The molecule has 0 spiro atoms. The number of hydrogen-bond donors (Lipinski definition) is 1. The van der Waals surface area contributed by atoms with Crippen molar-refractivity contribution in [2.75, 3.05) is 19.0 Å². The average molecular weight is 277 g/mol. The summed E-state index contributed by atoms with van der Waals surface area (Å²) in [5.41, 5.74) is 1.60. The normalized spacial score (nSPS) is 10.2. The molecule has 19 heavy (non-hydrogen) atoms. The zero-order chi connectivity index (χ0) is 13.7. The summed E-state index contributed by atoms with van der Waals surface area (Å²) in [7, 11) is 1.36. The van der Waals surface area contributed by atoms with Gasteiger partial charge in [0.15, 0.2) is 10.8 Å². The third-order valence-electron chi connectivity index (χ3n) is 2.61. The lowest BCUT2D eigenvalue weighted by Gasteiger charge is -2.02. The molecule has 1 N–H and O–H groups in total. The van der Waals surface area contributed by atoms with Crippen molar-refractivity contribution < 1.29 is 9.53 Å². The Morgan fingerprint density at radius 2 is 2.16 bits per heavy atom. The van der Waals surface area contributed by atoms with Gasteiger partial charge >= 0.3 is 5.97 Å². The van der Waals surface area contributed by atoms with E-state index in [1.807, 2.05) is 19.1 Å². The molecule has 100 valence electrons. The fourth-order valence-electron chi connectivity index (χ4n) is 1.62. The second-order valence-corrected chi connectivity index (χ2v) is 5.15. The molecular formula is C13H15N3O2S. The fraction of sp³-hybridized carbons (Fsp3) is 0.308. The van der Waals surface area contributed by atoms with Crippen LogP contribution in [0.2, 0.25) is 0 Å². The lowest BCUT2D eigenvalue weighted by atomic mass is 10.2. The van der Waals surface area contributed by atoms with Gasteiger partial charge in [-0.3, -0.25) is 4.98 Å². The third-order valence-corrected chi connectivity index (χ3v) is 3.54. The highest BCUT2D eigenvalue weighted by molar-refractivity contribution is 7.15. The highest BCUT2D eigenvalue weighted by Crippen LogP contribution is 2.22. The maximum absolute atomic E-state index is 11.4. The first kappa shape index (κ1) is 13.5. The van der Waals surface area contributed by atoms with Crippen LogP contribution < -0.4 is 5.32 Å². The number of nitrogens with one attached hydrogen (secondary N) is 1. The monoisotopic (exact) mass is 277 g/mol.